The lowest BCUT2D eigenvalue weighted by atomic mass is 9.89. The van der Waals surface area contributed by atoms with Crippen LogP contribution in [0.1, 0.15) is 69.1 Å². The highest BCUT2D eigenvalue weighted by molar-refractivity contribution is 5.91. The number of hydrogen-bond donors (Lipinski definition) is 4. The van der Waals surface area contributed by atoms with E-state index in [2.05, 4.69) is 15.6 Å². The summed E-state index contributed by atoms with van der Waals surface area (Å²) < 4.78 is 48.8. The molecule has 1 aromatic heterocycles. The number of esters is 2. The first-order chi connectivity index (χ1) is 21.9. The van der Waals surface area contributed by atoms with Gasteiger partial charge < -0.3 is 29.7 Å². The summed E-state index contributed by atoms with van der Waals surface area (Å²) in [4.78, 5) is 42.3. The number of nitrogens with one attached hydrogen (secondary N) is 2. The molecule has 11 nitrogen and oxygen atoms in total. The molecule has 0 saturated carbocycles. The Balaban J connectivity index is 2.00. The molecule has 1 heterocycles. The minimum Gasteiger partial charge on any atom is -0.458 e. The number of ether oxygens (including phenoxy) is 3. The van der Waals surface area contributed by atoms with E-state index >= 15 is 8.78 Å². The van der Waals surface area contributed by atoms with Crippen molar-refractivity contribution < 1.29 is 47.6 Å². The normalized spacial score (nSPS) is 15.1. The molecular weight excluding hydrogens is 616 g/mol. The first-order valence-electron chi connectivity index (χ1n) is 14.9. The van der Waals surface area contributed by atoms with E-state index < -0.39 is 59.4 Å². The number of alkyl carbamates (subject to hydrolysis) is 1. The number of benzene rings is 2. The molecule has 0 bridgehead atoms. The predicted molar refractivity (Wildman–Crippen MR) is 167 cm³/mol. The molecule has 47 heavy (non-hydrogen) atoms. The van der Waals surface area contributed by atoms with Gasteiger partial charge in [-0.15, -0.1) is 0 Å². The molecule has 0 fully saturated rings. The van der Waals surface area contributed by atoms with Gasteiger partial charge in [0.25, 0.3) is 5.92 Å². The highest BCUT2D eigenvalue weighted by Gasteiger charge is 2.55. The number of rotatable bonds is 13. The topological polar surface area (TPSA) is 156 Å². The fourth-order valence-electron chi connectivity index (χ4n) is 4.40. The summed E-state index contributed by atoms with van der Waals surface area (Å²) >= 11 is 0. The van der Waals surface area contributed by atoms with Gasteiger partial charge in [-0.25, -0.2) is 23.2 Å². The van der Waals surface area contributed by atoms with E-state index in [0.717, 1.165) is 13.0 Å². The summed E-state index contributed by atoms with van der Waals surface area (Å²) in [6.45, 7) is 8.41. The third-order valence-corrected chi connectivity index (χ3v) is 7.01. The lowest BCUT2D eigenvalue weighted by molar-refractivity contribution is -0.192. The monoisotopic (exact) mass is 657 g/mol. The van der Waals surface area contributed by atoms with Crippen molar-refractivity contribution in [3.05, 3.63) is 95.8 Å². The minimum atomic E-state index is -4.19. The van der Waals surface area contributed by atoms with Crippen molar-refractivity contribution in [3.63, 3.8) is 0 Å². The molecule has 0 aliphatic heterocycles. The average Bonchev–Trinajstić information content (AvgIpc) is 3.01. The standard InChI is InChI=1S/C34H41F2N3O8/c1-21(2)34(44,30(42)45-20-23-12-11-17-37-19-23)39-27(33(35,36)28(40)22(3)38-31(43)47-32(4,5)6)25-15-10-16-26(18-25)46-29(41)24-13-8-7-9-14-24/h7-19,21-22,27-28,39-40,44H,20H2,1-6H3,(H,38,43)/t22?,27?,28?,34-/m0/s1. The first kappa shape index (κ1) is 37.0. The molecule has 254 valence electrons. The molecule has 0 aliphatic carbocycles. The zero-order chi connectivity index (χ0) is 35.0. The van der Waals surface area contributed by atoms with Crippen LogP contribution in [0, 0.1) is 5.92 Å². The predicted octanol–water partition coefficient (Wildman–Crippen LogP) is 4.93. The minimum absolute atomic E-state index is 0.124. The Morgan fingerprint density at radius 3 is 2.23 bits per heavy atom. The maximum absolute atomic E-state index is 16.5. The average molecular weight is 658 g/mol. The smallest absolute Gasteiger partial charge is 0.407 e. The number of hydrogen-bond acceptors (Lipinski definition) is 10. The number of halogens is 2. The van der Waals surface area contributed by atoms with Crippen molar-refractivity contribution in [2.75, 3.05) is 0 Å². The largest absolute Gasteiger partial charge is 0.458 e. The lowest BCUT2D eigenvalue weighted by Gasteiger charge is -2.40. The summed E-state index contributed by atoms with van der Waals surface area (Å²) in [6.07, 6.45) is -0.675. The summed E-state index contributed by atoms with van der Waals surface area (Å²) in [5.41, 5.74) is -3.23. The first-order valence-corrected chi connectivity index (χ1v) is 14.9. The molecule has 0 aliphatic rings. The van der Waals surface area contributed by atoms with Crippen molar-refractivity contribution in [1.82, 2.24) is 15.6 Å². The number of carbonyl (C=O) groups is 3. The van der Waals surface area contributed by atoms with E-state index in [9.17, 15) is 24.6 Å². The number of alkyl halides is 2. The van der Waals surface area contributed by atoms with E-state index in [4.69, 9.17) is 14.2 Å². The highest BCUT2D eigenvalue weighted by atomic mass is 19.3. The van der Waals surface area contributed by atoms with Crippen molar-refractivity contribution in [2.24, 2.45) is 5.92 Å². The van der Waals surface area contributed by atoms with E-state index in [1.165, 1.54) is 56.6 Å². The van der Waals surface area contributed by atoms with Crippen molar-refractivity contribution >= 4 is 18.0 Å². The van der Waals surface area contributed by atoms with Gasteiger partial charge in [0.2, 0.25) is 5.72 Å². The quantitative estimate of drug-likeness (QED) is 0.113. The molecule has 0 saturated heterocycles. The molecule has 3 rings (SSSR count). The number of carbonyl (C=O) groups excluding carboxylic acids is 3. The third-order valence-electron chi connectivity index (χ3n) is 7.01. The Bertz CT molecular complexity index is 1500. The molecule has 2 aromatic carbocycles. The number of aromatic nitrogens is 1. The summed E-state index contributed by atoms with van der Waals surface area (Å²) in [7, 11) is 0. The zero-order valence-corrected chi connectivity index (χ0v) is 27.1. The van der Waals surface area contributed by atoms with Crippen LogP contribution < -0.4 is 15.4 Å². The molecule has 0 radical (unpaired) electrons. The van der Waals surface area contributed by atoms with Gasteiger partial charge in [-0.2, -0.15) is 0 Å². The van der Waals surface area contributed by atoms with Crippen molar-refractivity contribution in [3.8, 4) is 5.75 Å². The Hall–Kier alpha value is -4.46. The van der Waals surface area contributed by atoms with Crippen LogP contribution in [0.3, 0.4) is 0 Å². The van der Waals surface area contributed by atoms with Crippen molar-refractivity contribution in [1.29, 1.82) is 0 Å². The Morgan fingerprint density at radius 1 is 0.957 bits per heavy atom. The van der Waals surface area contributed by atoms with Gasteiger partial charge in [0.15, 0.2) is 0 Å². The van der Waals surface area contributed by atoms with E-state index in [1.807, 2.05) is 0 Å². The van der Waals surface area contributed by atoms with Gasteiger partial charge in [0, 0.05) is 23.9 Å². The number of aliphatic hydroxyl groups excluding tert-OH is 1. The van der Waals surface area contributed by atoms with Crippen molar-refractivity contribution in [2.45, 2.75) is 83.6 Å². The summed E-state index contributed by atoms with van der Waals surface area (Å²) in [6, 6.07) is 12.4. The molecule has 0 spiro atoms. The zero-order valence-electron chi connectivity index (χ0n) is 27.1. The maximum Gasteiger partial charge on any atom is 0.407 e. The van der Waals surface area contributed by atoms with Gasteiger partial charge in [-0.05, 0) is 63.6 Å². The van der Waals surface area contributed by atoms with Crippen LogP contribution >= 0.6 is 0 Å². The van der Waals surface area contributed by atoms with Gasteiger partial charge in [-0.1, -0.05) is 50.2 Å². The second kappa shape index (κ2) is 15.4. The molecule has 1 amide bonds. The van der Waals surface area contributed by atoms with Gasteiger partial charge in [0.05, 0.1) is 11.6 Å². The number of aliphatic hydroxyl groups is 2. The molecule has 4 atom stereocenters. The fraction of sp³-hybridized carbons (Fsp3) is 0.412. The fourth-order valence-corrected chi connectivity index (χ4v) is 4.40. The molecule has 3 aromatic rings. The van der Waals surface area contributed by atoms with Crippen LogP contribution in [0.15, 0.2) is 79.1 Å². The van der Waals surface area contributed by atoms with E-state index in [0.29, 0.717) is 5.56 Å². The van der Waals surface area contributed by atoms with Crippen LogP contribution in [0.2, 0.25) is 0 Å². The number of pyridine rings is 1. The lowest BCUT2D eigenvalue weighted by Crippen LogP contribution is -2.63. The Morgan fingerprint density at radius 2 is 1.64 bits per heavy atom. The van der Waals surface area contributed by atoms with Crippen LogP contribution in [-0.2, 0) is 20.9 Å². The van der Waals surface area contributed by atoms with E-state index in [1.54, 1.807) is 51.1 Å². The molecular formula is C34H41F2N3O8. The second-order valence-electron chi connectivity index (χ2n) is 12.3. The van der Waals surface area contributed by atoms with Gasteiger partial charge in [0.1, 0.15) is 30.1 Å². The summed E-state index contributed by atoms with van der Waals surface area (Å²) in [5.74, 6) is -7.37. The Labute approximate surface area is 272 Å². The van der Waals surface area contributed by atoms with Crippen LogP contribution in [0.25, 0.3) is 0 Å². The van der Waals surface area contributed by atoms with Crippen LogP contribution in [0.5, 0.6) is 5.75 Å². The molecule has 13 heteroatoms. The van der Waals surface area contributed by atoms with Crippen LogP contribution in [-0.4, -0.2) is 62.6 Å². The van der Waals surface area contributed by atoms with E-state index in [-0.39, 0.29) is 23.5 Å². The summed E-state index contributed by atoms with van der Waals surface area (Å²) in [5, 5.41) is 27.1. The molecule has 4 N–H and O–H groups in total. The van der Waals surface area contributed by atoms with Gasteiger partial charge in [-0.3, -0.25) is 10.3 Å². The highest BCUT2D eigenvalue weighted by Crippen LogP contribution is 2.39. The SMILES string of the molecule is CC(NC(=O)OC(C)(C)C)C(O)C(F)(F)C(N[C@@](O)(C(=O)OCc1cccnc1)C(C)C)c1cccc(OC(=O)c2ccccc2)c1. The van der Waals surface area contributed by atoms with Gasteiger partial charge >= 0.3 is 18.0 Å². The second-order valence-corrected chi connectivity index (χ2v) is 12.3. The van der Waals surface area contributed by atoms with Crippen LogP contribution in [0.4, 0.5) is 13.6 Å². The maximum atomic E-state index is 16.5. The number of nitrogens with zero attached hydrogens (tertiary/aromatic N) is 1. The molecule has 3 unspecified atom stereocenters. The number of amides is 1. The Kier molecular flexibility index (Phi) is 12.1. The third kappa shape index (κ3) is 10.0.